The molecule has 1 saturated carbocycles. The molecule has 7 heteroatoms. The molecule has 4 rings (SSSR count). The van der Waals surface area contributed by atoms with Gasteiger partial charge in [0.25, 0.3) is 5.91 Å². The summed E-state index contributed by atoms with van der Waals surface area (Å²) in [6, 6.07) is 4.61. The maximum Gasteiger partial charge on any atom is 0.254 e. The van der Waals surface area contributed by atoms with Gasteiger partial charge >= 0.3 is 0 Å². The van der Waals surface area contributed by atoms with Crippen molar-refractivity contribution in [2.24, 2.45) is 11.3 Å². The molecular formula is C20H27ClFN3O2. The highest BCUT2D eigenvalue weighted by molar-refractivity contribution is 5.94. The molecule has 2 heterocycles. The quantitative estimate of drug-likeness (QED) is 0.835. The second kappa shape index (κ2) is 7.76. The van der Waals surface area contributed by atoms with E-state index in [2.05, 4.69) is 5.32 Å². The van der Waals surface area contributed by atoms with E-state index in [4.69, 9.17) is 0 Å². The van der Waals surface area contributed by atoms with Crippen LogP contribution in [0.1, 0.15) is 35.2 Å². The van der Waals surface area contributed by atoms with E-state index < -0.39 is 0 Å². The van der Waals surface area contributed by atoms with Crippen molar-refractivity contribution in [2.75, 3.05) is 39.3 Å². The molecule has 1 unspecified atom stereocenters. The van der Waals surface area contributed by atoms with Crippen LogP contribution in [-0.4, -0.2) is 60.9 Å². The summed E-state index contributed by atoms with van der Waals surface area (Å²) in [6.45, 7) is 5.88. The molecule has 0 radical (unpaired) electrons. The Hall–Kier alpha value is -1.66. The number of nitrogens with zero attached hydrogens (tertiary/aromatic N) is 2. The molecule has 1 atom stereocenters. The zero-order valence-corrected chi connectivity index (χ0v) is 16.5. The first-order valence-electron chi connectivity index (χ1n) is 9.55. The standard InChI is InChI=1S/C20H26FN3O2.ClH/c1-14-2-3-15(12-17(14)21)18(25)23-8-10-24(11-9-23)19(26)16-13-20(16)4-6-22-7-5-20;/h2-3,12,16,22H,4-11,13H2,1H3;1H. The van der Waals surface area contributed by atoms with Crippen molar-refractivity contribution in [3.8, 4) is 0 Å². The molecule has 0 bridgehead atoms. The fourth-order valence-corrected chi connectivity index (χ4v) is 4.43. The molecule has 2 aliphatic heterocycles. The van der Waals surface area contributed by atoms with Crippen LogP contribution < -0.4 is 5.32 Å². The molecule has 27 heavy (non-hydrogen) atoms. The Kier molecular flexibility index (Phi) is 5.77. The molecule has 2 saturated heterocycles. The van der Waals surface area contributed by atoms with Crippen molar-refractivity contribution in [2.45, 2.75) is 26.2 Å². The van der Waals surface area contributed by atoms with Crippen molar-refractivity contribution < 1.29 is 14.0 Å². The summed E-state index contributed by atoms with van der Waals surface area (Å²) < 4.78 is 13.7. The van der Waals surface area contributed by atoms with E-state index in [9.17, 15) is 14.0 Å². The number of piperazine rings is 1. The first-order chi connectivity index (χ1) is 12.5. The number of piperidine rings is 1. The number of aryl methyl sites for hydroxylation is 1. The van der Waals surface area contributed by atoms with Gasteiger partial charge in [-0.2, -0.15) is 0 Å². The Morgan fingerprint density at radius 1 is 1.11 bits per heavy atom. The van der Waals surface area contributed by atoms with Gasteiger partial charge in [0.1, 0.15) is 5.82 Å². The molecule has 3 aliphatic rings. The van der Waals surface area contributed by atoms with Crippen molar-refractivity contribution in [1.82, 2.24) is 15.1 Å². The third-order valence-corrected chi connectivity index (χ3v) is 6.38. The summed E-state index contributed by atoms with van der Waals surface area (Å²) in [6.07, 6.45) is 3.22. The summed E-state index contributed by atoms with van der Waals surface area (Å²) in [5.74, 6) is -0.0682. The van der Waals surface area contributed by atoms with E-state index in [-0.39, 0.29) is 41.4 Å². The van der Waals surface area contributed by atoms with Crippen LogP contribution in [0.2, 0.25) is 0 Å². The lowest BCUT2D eigenvalue weighted by Crippen LogP contribution is -2.51. The third kappa shape index (κ3) is 3.83. The van der Waals surface area contributed by atoms with E-state index in [0.29, 0.717) is 37.3 Å². The number of carbonyl (C=O) groups excluding carboxylic acids is 2. The minimum Gasteiger partial charge on any atom is -0.339 e. The Bertz CT molecular complexity index is 728. The Morgan fingerprint density at radius 2 is 1.74 bits per heavy atom. The Morgan fingerprint density at radius 3 is 2.37 bits per heavy atom. The molecule has 1 N–H and O–H groups in total. The van der Waals surface area contributed by atoms with Gasteiger partial charge < -0.3 is 15.1 Å². The van der Waals surface area contributed by atoms with Gasteiger partial charge in [-0.15, -0.1) is 12.4 Å². The zero-order valence-electron chi connectivity index (χ0n) is 15.7. The maximum absolute atomic E-state index is 13.7. The predicted molar refractivity (Wildman–Crippen MR) is 104 cm³/mol. The van der Waals surface area contributed by atoms with Crippen molar-refractivity contribution in [3.05, 3.63) is 35.1 Å². The van der Waals surface area contributed by atoms with Gasteiger partial charge in [0.2, 0.25) is 5.91 Å². The molecule has 1 aliphatic carbocycles. The average Bonchev–Trinajstić information content (AvgIpc) is 3.36. The third-order valence-electron chi connectivity index (χ3n) is 6.38. The summed E-state index contributed by atoms with van der Waals surface area (Å²) in [5, 5.41) is 3.36. The number of rotatable bonds is 2. The van der Waals surface area contributed by atoms with E-state index in [1.807, 2.05) is 4.90 Å². The molecule has 3 fully saturated rings. The summed E-state index contributed by atoms with van der Waals surface area (Å²) >= 11 is 0. The lowest BCUT2D eigenvalue weighted by Gasteiger charge is -2.35. The van der Waals surface area contributed by atoms with Gasteiger partial charge in [-0.1, -0.05) is 6.07 Å². The molecule has 1 spiro atoms. The molecular weight excluding hydrogens is 369 g/mol. The normalized spacial score (nSPS) is 23.7. The molecule has 5 nitrogen and oxygen atoms in total. The first kappa shape index (κ1) is 20.1. The molecule has 1 aromatic carbocycles. The molecule has 148 valence electrons. The highest BCUT2D eigenvalue weighted by Gasteiger charge is 2.58. The number of carbonyl (C=O) groups is 2. The first-order valence-corrected chi connectivity index (χ1v) is 9.55. The summed E-state index contributed by atoms with van der Waals surface area (Å²) in [7, 11) is 0. The van der Waals surface area contributed by atoms with Crippen LogP contribution in [0.5, 0.6) is 0 Å². The van der Waals surface area contributed by atoms with E-state index in [1.54, 1.807) is 24.0 Å². The second-order valence-electron chi connectivity index (χ2n) is 7.95. The SMILES string of the molecule is Cc1ccc(C(=O)N2CCN(C(=O)C3CC34CCNCC4)CC2)cc1F.Cl. The van der Waals surface area contributed by atoms with E-state index in [0.717, 1.165) is 32.4 Å². The minimum atomic E-state index is -0.356. The monoisotopic (exact) mass is 395 g/mol. The summed E-state index contributed by atoms with van der Waals surface area (Å²) in [5.41, 5.74) is 1.16. The lowest BCUT2D eigenvalue weighted by molar-refractivity contribution is -0.135. The Balaban J connectivity index is 0.00000210. The van der Waals surface area contributed by atoms with E-state index in [1.165, 1.54) is 6.07 Å². The van der Waals surface area contributed by atoms with E-state index >= 15 is 0 Å². The molecule has 1 aromatic rings. The average molecular weight is 396 g/mol. The van der Waals surface area contributed by atoms with Crippen LogP contribution in [0.3, 0.4) is 0 Å². The zero-order chi connectivity index (χ0) is 18.3. The fraction of sp³-hybridized carbons (Fsp3) is 0.600. The second-order valence-corrected chi connectivity index (χ2v) is 7.95. The van der Waals surface area contributed by atoms with Gasteiger partial charge in [0.15, 0.2) is 0 Å². The Labute approximate surface area is 165 Å². The molecule has 0 aromatic heterocycles. The number of amides is 2. The number of hydrogen-bond donors (Lipinski definition) is 1. The highest BCUT2D eigenvalue weighted by Crippen LogP contribution is 2.59. The van der Waals surface area contributed by atoms with Gasteiger partial charge in [-0.05, 0) is 62.4 Å². The van der Waals surface area contributed by atoms with Gasteiger partial charge in [0, 0.05) is 37.7 Å². The number of nitrogens with one attached hydrogen (secondary N) is 1. The fourth-order valence-electron chi connectivity index (χ4n) is 4.43. The van der Waals surface area contributed by atoms with Crippen molar-refractivity contribution in [1.29, 1.82) is 0 Å². The minimum absolute atomic E-state index is 0. The predicted octanol–water partition coefficient (Wildman–Crippen LogP) is 2.23. The number of benzene rings is 1. The van der Waals surface area contributed by atoms with Crippen LogP contribution >= 0.6 is 12.4 Å². The van der Waals surface area contributed by atoms with Gasteiger partial charge in [0.05, 0.1) is 0 Å². The van der Waals surface area contributed by atoms with Crippen LogP contribution in [-0.2, 0) is 4.79 Å². The lowest BCUT2D eigenvalue weighted by atomic mass is 9.91. The number of hydrogen-bond acceptors (Lipinski definition) is 3. The highest BCUT2D eigenvalue weighted by atomic mass is 35.5. The molecule has 2 amide bonds. The van der Waals surface area contributed by atoms with Gasteiger partial charge in [-0.3, -0.25) is 9.59 Å². The largest absolute Gasteiger partial charge is 0.339 e. The summed E-state index contributed by atoms with van der Waals surface area (Å²) in [4.78, 5) is 29.0. The van der Waals surface area contributed by atoms with Crippen molar-refractivity contribution in [3.63, 3.8) is 0 Å². The van der Waals surface area contributed by atoms with Crippen LogP contribution in [0.15, 0.2) is 18.2 Å². The maximum atomic E-state index is 13.7. The topological polar surface area (TPSA) is 52.7 Å². The number of halogens is 2. The smallest absolute Gasteiger partial charge is 0.254 e. The van der Waals surface area contributed by atoms with Crippen LogP contribution in [0.25, 0.3) is 0 Å². The van der Waals surface area contributed by atoms with Gasteiger partial charge in [-0.25, -0.2) is 4.39 Å². The van der Waals surface area contributed by atoms with Crippen LogP contribution in [0, 0.1) is 24.1 Å². The van der Waals surface area contributed by atoms with Crippen molar-refractivity contribution >= 4 is 24.2 Å². The van der Waals surface area contributed by atoms with Crippen LogP contribution in [0.4, 0.5) is 4.39 Å².